The van der Waals surface area contributed by atoms with Gasteiger partial charge in [-0.25, -0.2) is 15.0 Å². The third kappa shape index (κ3) is 4.16. The van der Waals surface area contributed by atoms with Crippen LogP contribution in [-0.4, -0.2) is 24.5 Å². The zero-order valence-corrected chi connectivity index (χ0v) is 16.9. The van der Waals surface area contributed by atoms with E-state index in [1.165, 1.54) is 5.56 Å². The fourth-order valence-corrected chi connectivity index (χ4v) is 3.24. The van der Waals surface area contributed by atoms with Crippen molar-refractivity contribution in [1.82, 2.24) is 24.5 Å². The summed E-state index contributed by atoms with van der Waals surface area (Å²) in [4.78, 5) is 18.0. The van der Waals surface area contributed by atoms with Gasteiger partial charge < -0.3 is 9.88 Å². The number of benzene rings is 1. The van der Waals surface area contributed by atoms with Gasteiger partial charge in [-0.3, -0.25) is 4.98 Å². The second-order valence-corrected chi connectivity index (χ2v) is 6.94. The SMILES string of the molecule is CCc1cc(N[C@H](C)c2ccc(-n3ccnc3C)cc2)nc(-c2ccccn2)n1. The lowest BCUT2D eigenvalue weighted by Crippen LogP contribution is -2.10. The van der Waals surface area contributed by atoms with E-state index in [0.29, 0.717) is 5.82 Å². The van der Waals surface area contributed by atoms with Crippen molar-refractivity contribution in [2.75, 3.05) is 5.32 Å². The van der Waals surface area contributed by atoms with E-state index in [-0.39, 0.29) is 6.04 Å². The molecule has 4 aromatic rings. The number of pyridine rings is 1. The van der Waals surface area contributed by atoms with Crippen molar-refractivity contribution in [2.45, 2.75) is 33.2 Å². The summed E-state index contributed by atoms with van der Waals surface area (Å²) in [7, 11) is 0. The Morgan fingerprint density at radius 3 is 2.48 bits per heavy atom. The number of rotatable bonds is 6. The molecule has 0 aliphatic rings. The molecule has 0 aliphatic carbocycles. The number of aryl methyl sites for hydroxylation is 2. The highest BCUT2D eigenvalue weighted by Crippen LogP contribution is 2.22. The van der Waals surface area contributed by atoms with Crippen molar-refractivity contribution in [3.63, 3.8) is 0 Å². The molecule has 1 atom stereocenters. The average Bonchev–Trinajstić information content (AvgIpc) is 3.20. The van der Waals surface area contributed by atoms with E-state index in [4.69, 9.17) is 0 Å². The van der Waals surface area contributed by atoms with Crippen molar-refractivity contribution in [3.8, 4) is 17.2 Å². The van der Waals surface area contributed by atoms with Gasteiger partial charge in [0.2, 0.25) is 0 Å². The van der Waals surface area contributed by atoms with Gasteiger partial charge in [0.25, 0.3) is 0 Å². The van der Waals surface area contributed by atoms with Gasteiger partial charge in [-0.15, -0.1) is 0 Å². The largest absolute Gasteiger partial charge is 0.363 e. The van der Waals surface area contributed by atoms with E-state index in [0.717, 1.165) is 35.1 Å². The van der Waals surface area contributed by atoms with Crippen molar-refractivity contribution in [1.29, 1.82) is 0 Å². The van der Waals surface area contributed by atoms with Crippen LogP contribution in [0.5, 0.6) is 0 Å². The van der Waals surface area contributed by atoms with Gasteiger partial charge in [0.15, 0.2) is 5.82 Å². The second-order valence-electron chi connectivity index (χ2n) is 6.94. The predicted molar refractivity (Wildman–Crippen MR) is 115 cm³/mol. The van der Waals surface area contributed by atoms with Gasteiger partial charge in [0.1, 0.15) is 17.3 Å². The maximum absolute atomic E-state index is 4.69. The van der Waals surface area contributed by atoms with Crippen LogP contribution in [0, 0.1) is 6.92 Å². The van der Waals surface area contributed by atoms with Gasteiger partial charge in [-0.2, -0.15) is 0 Å². The molecule has 0 saturated heterocycles. The molecule has 0 amide bonds. The summed E-state index contributed by atoms with van der Waals surface area (Å²) in [5.41, 5.74) is 4.05. The highest BCUT2D eigenvalue weighted by Gasteiger charge is 2.11. The fraction of sp³-hybridized carbons (Fsp3) is 0.217. The lowest BCUT2D eigenvalue weighted by Gasteiger charge is -2.17. The van der Waals surface area contributed by atoms with Crippen LogP contribution in [0.2, 0.25) is 0 Å². The van der Waals surface area contributed by atoms with E-state index in [2.05, 4.69) is 67.9 Å². The van der Waals surface area contributed by atoms with E-state index in [1.807, 2.05) is 43.6 Å². The molecular weight excluding hydrogens is 360 g/mol. The molecule has 6 nitrogen and oxygen atoms in total. The molecule has 4 rings (SSSR count). The maximum atomic E-state index is 4.69. The van der Waals surface area contributed by atoms with Crippen LogP contribution in [0.15, 0.2) is 67.1 Å². The highest BCUT2D eigenvalue weighted by atomic mass is 15.1. The first kappa shape index (κ1) is 18.8. The Morgan fingerprint density at radius 2 is 1.83 bits per heavy atom. The molecule has 0 saturated carbocycles. The zero-order chi connectivity index (χ0) is 20.2. The van der Waals surface area contributed by atoms with Gasteiger partial charge in [-0.1, -0.05) is 25.1 Å². The summed E-state index contributed by atoms with van der Waals surface area (Å²) in [6.45, 7) is 6.22. The Labute approximate surface area is 170 Å². The number of nitrogens with one attached hydrogen (secondary N) is 1. The minimum atomic E-state index is 0.101. The third-order valence-corrected chi connectivity index (χ3v) is 4.90. The lowest BCUT2D eigenvalue weighted by atomic mass is 10.1. The van der Waals surface area contributed by atoms with Crippen LogP contribution >= 0.6 is 0 Å². The van der Waals surface area contributed by atoms with Crippen LogP contribution < -0.4 is 5.32 Å². The van der Waals surface area contributed by atoms with E-state index in [9.17, 15) is 0 Å². The van der Waals surface area contributed by atoms with E-state index < -0.39 is 0 Å². The number of aromatic nitrogens is 5. The molecule has 1 aromatic carbocycles. The minimum absolute atomic E-state index is 0.101. The number of anilines is 1. The first-order valence-corrected chi connectivity index (χ1v) is 9.80. The van der Waals surface area contributed by atoms with Crippen molar-refractivity contribution >= 4 is 5.82 Å². The number of hydrogen-bond acceptors (Lipinski definition) is 5. The third-order valence-electron chi connectivity index (χ3n) is 4.90. The van der Waals surface area contributed by atoms with Crippen molar-refractivity contribution in [2.24, 2.45) is 0 Å². The molecule has 0 radical (unpaired) electrons. The first-order chi connectivity index (χ1) is 14.1. The van der Waals surface area contributed by atoms with Crippen LogP contribution in [0.1, 0.15) is 37.0 Å². The normalized spacial score (nSPS) is 12.0. The molecule has 3 aromatic heterocycles. The average molecular weight is 384 g/mol. The Morgan fingerprint density at radius 1 is 1.00 bits per heavy atom. The summed E-state index contributed by atoms with van der Waals surface area (Å²) in [6.07, 6.45) is 6.38. The van der Waals surface area contributed by atoms with E-state index >= 15 is 0 Å². The monoisotopic (exact) mass is 384 g/mol. The summed E-state index contributed by atoms with van der Waals surface area (Å²) >= 11 is 0. The summed E-state index contributed by atoms with van der Waals surface area (Å²) in [5.74, 6) is 2.42. The molecule has 0 bridgehead atoms. The molecule has 146 valence electrons. The molecule has 0 unspecified atom stereocenters. The molecule has 0 aliphatic heterocycles. The van der Waals surface area contributed by atoms with Crippen molar-refractivity contribution in [3.05, 3.63) is 84.2 Å². The topological polar surface area (TPSA) is 68.5 Å². The quantitative estimate of drug-likeness (QED) is 0.519. The smallest absolute Gasteiger partial charge is 0.180 e. The summed E-state index contributed by atoms with van der Waals surface area (Å²) in [6, 6.07) is 16.4. The molecule has 3 heterocycles. The van der Waals surface area contributed by atoms with Crippen molar-refractivity contribution < 1.29 is 0 Å². The number of nitrogens with zero attached hydrogens (tertiary/aromatic N) is 5. The predicted octanol–water partition coefficient (Wildman–Crippen LogP) is 4.77. The summed E-state index contributed by atoms with van der Waals surface area (Å²) < 4.78 is 2.07. The van der Waals surface area contributed by atoms with Crippen LogP contribution in [-0.2, 0) is 6.42 Å². The maximum Gasteiger partial charge on any atom is 0.180 e. The van der Waals surface area contributed by atoms with E-state index in [1.54, 1.807) is 6.20 Å². The van der Waals surface area contributed by atoms with Gasteiger partial charge in [0, 0.05) is 42.1 Å². The Hall–Kier alpha value is -3.54. The summed E-state index contributed by atoms with van der Waals surface area (Å²) in [5, 5.41) is 3.51. The van der Waals surface area contributed by atoms with Gasteiger partial charge >= 0.3 is 0 Å². The first-order valence-electron chi connectivity index (χ1n) is 9.80. The van der Waals surface area contributed by atoms with Crippen LogP contribution in [0.3, 0.4) is 0 Å². The molecule has 6 heteroatoms. The standard InChI is InChI=1S/C23H24N6/c1-4-19-15-22(28-23(27-19)21-7-5-6-12-25-21)26-16(2)18-8-10-20(11-9-18)29-14-13-24-17(29)3/h5-16H,4H2,1-3H3,(H,26,27,28)/t16-/m1/s1. The molecule has 0 spiro atoms. The minimum Gasteiger partial charge on any atom is -0.363 e. The van der Waals surface area contributed by atoms with Gasteiger partial charge in [-0.05, 0) is 50.1 Å². The van der Waals surface area contributed by atoms with Gasteiger partial charge in [0.05, 0.1) is 0 Å². The Bertz CT molecular complexity index is 1090. The number of imidazole rings is 1. The molecule has 0 fully saturated rings. The number of hydrogen-bond donors (Lipinski definition) is 1. The molecule has 1 N–H and O–H groups in total. The molecule has 29 heavy (non-hydrogen) atoms. The van der Waals surface area contributed by atoms with Crippen LogP contribution in [0.25, 0.3) is 17.2 Å². The molecular formula is C23H24N6. The Balaban J connectivity index is 1.56. The lowest BCUT2D eigenvalue weighted by molar-refractivity contribution is 0.865. The fourth-order valence-electron chi connectivity index (χ4n) is 3.24. The Kier molecular flexibility index (Phi) is 5.33. The van der Waals surface area contributed by atoms with Crippen LogP contribution in [0.4, 0.5) is 5.82 Å². The second kappa shape index (κ2) is 8.22. The highest BCUT2D eigenvalue weighted by molar-refractivity contribution is 5.53. The zero-order valence-electron chi connectivity index (χ0n) is 16.9.